The van der Waals surface area contributed by atoms with Crippen molar-refractivity contribution in [2.24, 2.45) is 0 Å². The zero-order valence-electron chi connectivity index (χ0n) is 42.4. The fourth-order valence-corrected chi connectivity index (χ4v) is 6.84. The van der Waals surface area contributed by atoms with E-state index in [1.165, 1.54) is 57.8 Å². The Labute approximate surface area is 405 Å². The van der Waals surface area contributed by atoms with Crippen LogP contribution in [0.1, 0.15) is 220 Å². The van der Waals surface area contributed by atoms with Gasteiger partial charge in [-0.15, -0.1) is 0 Å². The van der Waals surface area contributed by atoms with Crippen molar-refractivity contribution >= 4 is 17.9 Å². The Balaban J connectivity index is 4.51. The molecule has 1 unspecified atom stereocenters. The lowest BCUT2D eigenvalue weighted by atomic mass is 10.1. The quantitative estimate of drug-likeness (QED) is 0.0199. The topological polar surface area (TPSA) is 78.9 Å². The molecule has 0 aliphatic heterocycles. The second-order valence-corrected chi connectivity index (χ2v) is 17.1. The van der Waals surface area contributed by atoms with Gasteiger partial charge < -0.3 is 14.2 Å². The maximum Gasteiger partial charge on any atom is 0.306 e. The minimum absolute atomic E-state index is 0.113. The predicted molar refractivity (Wildman–Crippen MR) is 283 cm³/mol. The molecule has 0 aliphatic carbocycles. The number of carbonyl (C=O) groups excluding carboxylic acids is 3. The summed E-state index contributed by atoms with van der Waals surface area (Å²) in [5, 5.41) is 0. The second-order valence-electron chi connectivity index (χ2n) is 17.1. The van der Waals surface area contributed by atoms with Crippen LogP contribution in [0.2, 0.25) is 0 Å². The van der Waals surface area contributed by atoms with Gasteiger partial charge in [-0.3, -0.25) is 14.4 Å². The van der Waals surface area contributed by atoms with Crippen molar-refractivity contribution in [2.75, 3.05) is 13.2 Å². The van der Waals surface area contributed by atoms with Crippen LogP contribution in [0.25, 0.3) is 0 Å². The van der Waals surface area contributed by atoms with Crippen LogP contribution in [0.15, 0.2) is 122 Å². The van der Waals surface area contributed by atoms with E-state index in [9.17, 15) is 14.4 Å². The third-order valence-electron chi connectivity index (χ3n) is 10.8. The number of carbonyl (C=O) groups is 3. The summed E-state index contributed by atoms with van der Waals surface area (Å²) >= 11 is 0. The van der Waals surface area contributed by atoms with Gasteiger partial charge in [-0.05, 0) is 103 Å². The highest BCUT2D eigenvalue weighted by Gasteiger charge is 2.19. The molecule has 0 aliphatic rings. The van der Waals surface area contributed by atoms with Crippen LogP contribution < -0.4 is 0 Å². The molecule has 6 heteroatoms. The molecule has 372 valence electrons. The van der Waals surface area contributed by atoms with Gasteiger partial charge in [-0.1, -0.05) is 219 Å². The lowest BCUT2D eigenvalue weighted by Gasteiger charge is -2.18. The first-order valence-corrected chi connectivity index (χ1v) is 26.6. The molecule has 0 fully saturated rings. The van der Waals surface area contributed by atoms with Gasteiger partial charge in [-0.2, -0.15) is 0 Å². The van der Waals surface area contributed by atoms with Crippen LogP contribution in [0, 0.1) is 0 Å². The molecule has 0 saturated heterocycles. The van der Waals surface area contributed by atoms with Crippen molar-refractivity contribution in [3.63, 3.8) is 0 Å². The minimum Gasteiger partial charge on any atom is -0.462 e. The third kappa shape index (κ3) is 50.8. The molecule has 0 amide bonds. The number of ether oxygens (including phenoxy) is 3. The van der Waals surface area contributed by atoms with Crippen molar-refractivity contribution in [3.05, 3.63) is 122 Å². The highest BCUT2D eigenvalue weighted by Crippen LogP contribution is 2.13. The monoisotopic (exact) mass is 913 g/mol. The number of rotatable bonds is 46. The molecule has 0 rings (SSSR count). The standard InChI is InChI=1S/C60H96O6/c1-4-7-10-13-16-19-22-25-27-29-30-31-33-35-38-41-44-47-50-53-59(62)65-56-57(55-64-58(61)52-49-46-43-40-37-34-24-21-18-15-12-9-6-3)66-60(63)54-51-48-45-42-39-36-32-28-26-23-20-17-14-11-8-5-2/h7,9-10,12,15-16,18-19,21,24-25,27-28,30-32,34,36-37,39,57H,4-6,8,11,13-14,17,20,22-23,26,29,33,35,38,40-56H2,1-3H3/b10-7-,12-9-,18-15-,19-16-,24-21-,27-25-,31-30-,32-28-,37-34-,39-36-. The van der Waals surface area contributed by atoms with Gasteiger partial charge in [-0.25, -0.2) is 0 Å². The van der Waals surface area contributed by atoms with Crippen molar-refractivity contribution in [2.45, 2.75) is 226 Å². The summed E-state index contributed by atoms with van der Waals surface area (Å²) in [6.45, 7) is 6.30. The van der Waals surface area contributed by atoms with Crippen LogP contribution in [0.3, 0.4) is 0 Å². The SMILES string of the molecule is CC\C=C/C=C\C=C/C=C\CCCCCC(=O)OCC(COC(=O)CCCCCCCC/C=C\C/C=C\C/C=C\C/C=C\CC)OC(=O)CCCCC/C=C\C=C/CCCCCCCCC. The number of hydrogen-bond acceptors (Lipinski definition) is 6. The molecule has 0 radical (unpaired) electrons. The Kier molecular flexibility index (Phi) is 50.0. The van der Waals surface area contributed by atoms with E-state index >= 15 is 0 Å². The maximum absolute atomic E-state index is 12.8. The van der Waals surface area contributed by atoms with E-state index in [2.05, 4.69) is 106 Å². The van der Waals surface area contributed by atoms with E-state index in [-0.39, 0.29) is 37.5 Å². The summed E-state index contributed by atoms with van der Waals surface area (Å²) in [6.07, 6.45) is 73.3. The molecule has 0 spiro atoms. The molecular weight excluding hydrogens is 817 g/mol. The maximum atomic E-state index is 12.8. The van der Waals surface area contributed by atoms with E-state index in [1.807, 2.05) is 36.5 Å². The number of esters is 3. The first kappa shape index (κ1) is 61.8. The Morgan fingerprint density at radius 1 is 0.333 bits per heavy atom. The van der Waals surface area contributed by atoms with Gasteiger partial charge in [0, 0.05) is 19.3 Å². The number of allylic oxidation sites excluding steroid dienone is 20. The zero-order valence-corrected chi connectivity index (χ0v) is 42.4. The molecule has 0 saturated carbocycles. The van der Waals surface area contributed by atoms with Crippen LogP contribution in [-0.2, 0) is 28.6 Å². The van der Waals surface area contributed by atoms with E-state index in [1.54, 1.807) is 0 Å². The first-order valence-electron chi connectivity index (χ1n) is 26.6. The molecule has 0 aromatic carbocycles. The van der Waals surface area contributed by atoms with Gasteiger partial charge in [0.1, 0.15) is 13.2 Å². The predicted octanol–water partition coefficient (Wildman–Crippen LogP) is 17.7. The molecule has 0 aromatic rings. The molecule has 0 bridgehead atoms. The van der Waals surface area contributed by atoms with Crippen LogP contribution in [0.5, 0.6) is 0 Å². The smallest absolute Gasteiger partial charge is 0.306 e. The Bertz CT molecular complexity index is 1420. The molecule has 0 heterocycles. The van der Waals surface area contributed by atoms with Crippen LogP contribution in [0.4, 0.5) is 0 Å². The van der Waals surface area contributed by atoms with Gasteiger partial charge in [0.15, 0.2) is 6.10 Å². The highest BCUT2D eigenvalue weighted by molar-refractivity contribution is 5.71. The van der Waals surface area contributed by atoms with Gasteiger partial charge in [0.25, 0.3) is 0 Å². The van der Waals surface area contributed by atoms with Gasteiger partial charge in [0.05, 0.1) is 0 Å². The molecule has 1 atom stereocenters. The minimum atomic E-state index is -0.818. The molecule has 6 nitrogen and oxygen atoms in total. The van der Waals surface area contributed by atoms with Crippen molar-refractivity contribution in [1.82, 2.24) is 0 Å². The van der Waals surface area contributed by atoms with Crippen LogP contribution >= 0.6 is 0 Å². The molecule has 0 aromatic heterocycles. The zero-order chi connectivity index (χ0) is 47.9. The molecule has 66 heavy (non-hydrogen) atoms. The lowest BCUT2D eigenvalue weighted by Crippen LogP contribution is -2.30. The molecular formula is C60H96O6. The fourth-order valence-electron chi connectivity index (χ4n) is 6.84. The van der Waals surface area contributed by atoms with E-state index in [0.717, 1.165) is 122 Å². The Morgan fingerprint density at radius 2 is 0.667 bits per heavy atom. The van der Waals surface area contributed by atoms with Crippen molar-refractivity contribution in [1.29, 1.82) is 0 Å². The third-order valence-corrected chi connectivity index (χ3v) is 10.8. The lowest BCUT2D eigenvalue weighted by molar-refractivity contribution is -0.167. The summed E-state index contributed by atoms with van der Waals surface area (Å²) in [5.74, 6) is -0.998. The average molecular weight is 913 g/mol. The molecule has 0 N–H and O–H groups in total. The first-order chi connectivity index (χ1) is 32.5. The van der Waals surface area contributed by atoms with Crippen molar-refractivity contribution in [3.8, 4) is 0 Å². The second kappa shape index (κ2) is 53.4. The summed E-state index contributed by atoms with van der Waals surface area (Å²) < 4.78 is 16.7. The summed E-state index contributed by atoms with van der Waals surface area (Å²) in [7, 11) is 0. The van der Waals surface area contributed by atoms with E-state index < -0.39 is 6.10 Å². The number of unbranched alkanes of at least 4 members (excludes halogenated alkanes) is 19. The van der Waals surface area contributed by atoms with E-state index in [0.29, 0.717) is 12.8 Å². The summed E-state index contributed by atoms with van der Waals surface area (Å²) in [4.78, 5) is 38.0. The Morgan fingerprint density at radius 3 is 1.14 bits per heavy atom. The average Bonchev–Trinajstić information content (AvgIpc) is 3.31. The highest BCUT2D eigenvalue weighted by atomic mass is 16.6. The summed E-state index contributed by atoms with van der Waals surface area (Å²) in [5.41, 5.74) is 0. The Hall–Kier alpha value is -4.19. The number of hydrogen-bond donors (Lipinski definition) is 0. The van der Waals surface area contributed by atoms with Crippen LogP contribution in [-0.4, -0.2) is 37.2 Å². The van der Waals surface area contributed by atoms with Crippen molar-refractivity contribution < 1.29 is 28.6 Å². The summed E-state index contributed by atoms with van der Waals surface area (Å²) in [6, 6.07) is 0. The van der Waals surface area contributed by atoms with E-state index in [4.69, 9.17) is 14.2 Å². The fraction of sp³-hybridized carbons (Fsp3) is 0.617. The van der Waals surface area contributed by atoms with Gasteiger partial charge in [0.2, 0.25) is 0 Å². The normalized spacial score (nSPS) is 13.1. The van der Waals surface area contributed by atoms with Gasteiger partial charge >= 0.3 is 17.9 Å². The largest absolute Gasteiger partial charge is 0.462 e.